The fourth-order valence-corrected chi connectivity index (χ4v) is 2.73. The molecule has 3 unspecified atom stereocenters. The highest BCUT2D eigenvalue weighted by atomic mass is 16.3. The summed E-state index contributed by atoms with van der Waals surface area (Å²) in [5, 5.41) is 10.1. The second-order valence-corrected chi connectivity index (χ2v) is 5.40. The molecule has 1 aliphatic carbocycles. The molecule has 0 amide bonds. The van der Waals surface area contributed by atoms with Crippen molar-refractivity contribution < 1.29 is 5.11 Å². The van der Waals surface area contributed by atoms with E-state index >= 15 is 0 Å². The van der Waals surface area contributed by atoms with Crippen LogP contribution >= 0.6 is 0 Å². The first-order chi connectivity index (χ1) is 6.63. The summed E-state index contributed by atoms with van der Waals surface area (Å²) in [4.78, 5) is 0. The highest BCUT2D eigenvalue weighted by Crippen LogP contribution is 2.34. The molecular formula is C13H26O. The van der Waals surface area contributed by atoms with Crippen LogP contribution in [0.5, 0.6) is 0 Å². The minimum Gasteiger partial charge on any atom is -0.393 e. The maximum absolute atomic E-state index is 10.1. The van der Waals surface area contributed by atoms with Gasteiger partial charge >= 0.3 is 0 Å². The Balaban J connectivity index is 2.35. The summed E-state index contributed by atoms with van der Waals surface area (Å²) in [6, 6.07) is 0. The molecule has 0 radical (unpaired) electrons. The Hall–Kier alpha value is -0.0400. The summed E-state index contributed by atoms with van der Waals surface area (Å²) in [7, 11) is 0. The van der Waals surface area contributed by atoms with E-state index in [4.69, 9.17) is 0 Å². The highest BCUT2D eigenvalue weighted by molar-refractivity contribution is 4.78. The van der Waals surface area contributed by atoms with Gasteiger partial charge in [-0.05, 0) is 37.0 Å². The zero-order valence-electron chi connectivity index (χ0n) is 10.00. The second-order valence-electron chi connectivity index (χ2n) is 5.40. The number of aliphatic hydroxyl groups excluding tert-OH is 1. The monoisotopic (exact) mass is 198 g/mol. The van der Waals surface area contributed by atoms with E-state index in [1.54, 1.807) is 0 Å². The van der Waals surface area contributed by atoms with Gasteiger partial charge in [0.05, 0.1) is 6.10 Å². The van der Waals surface area contributed by atoms with Crippen LogP contribution in [-0.4, -0.2) is 11.2 Å². The number of aliphatic hydroxyl groups is 1. The van der Waals surface area contributed by atoms with Crippen molar-refractivity contribution in [3.8, 4) is 0 Å². The van der Waals surface area contributed by atoms with Gasteiger partial charge < -0.3 is 5.11 Å². The fourth-order valence-electron chi connectivity index (χ4n) is 2.73. The molecular weight excluding hydrogens is 172 g/mol. The van der Waals surface area contributed by atoms with Crippen molar-refractivity contribution in [2.45, 2.75) is 65.4 Å². The lowest BCUT2D eigenvalue weighted by molar-refractivity contribution is 0.0521. The van der Waals surface area contributed by atoms with Gasteiger partial charge in [-0.2, -0.15) is 0 Å². The van der Waals surface area contributed by atoms with Crippen LogP contribution in [0, 0.1) is 17.8 Å². The van der Waals surface area contributed by atoms with E-state index in [-0.39, 0.29) is 6.10 Å². The first-order valence-electron chi connectivity index (χ1n) is 6.31. The third-order valence-electron chi connectivity index (χ3n) is 3.66. The van der Waals surface area contributed by atoms with E-state index in [0.717, 1.165) is 12.3 Å². The predicted molar refractivity (Wildman–Crippen MR) is 61.2 cm³/mol. The van der Waals surface area contributed by atoms with Gasteiger partial charge in [0.2, 0.25) is 0 Å². The second kappa shape index (κ2) is 5.75. The smallest absolute Gasteiger partial charge is 0.0570 e. The summed E-state index contributed by atoms with van der Waals surface area (Å²) in [5.41, 5.74) is 0. The number of hydrogen-bond acceptors (Lipinski definition) is 1. The van der Waals surface area contributed by atoms with Crippen molar-refractivity contribution in [3.63, 3.8) is 0 Å². The fraction of sp³-hybridized carbons (Fsp3) is 1.00. The Bertz CT molecular complexity index is 153. The first-order valence-corrected chi connectivity index (χ1v) is 6.31. The van der Waals surface area contributed by atoms with E-state index in [9.17, 15) is 5.11 Å². The molecule has 0 aromatic rings. The molecule has 0 heterocycles. The van der Waals surface area contributed by atoms with Crippen molar-refractivity contribution in [1.29, 1.82) is 0 Å². The van der Waals surface area contributed by atoms with Gasteiger partial charge in [0.1, 0.15) is 0 Å². The molecule has 0 saturated heterocycles. The minimum atomic E-state index is -0.0376. The molecule has 0 bridgehead atoms. The zero-order valence-corrected chi connectivity index (χ0v) is 10.00. The molecule has 84 valence electrons. The molecule has 1 heteroatoms. The number of hydrogen-bond donors (Lipinski definition) is 1. The van der Waals surface area contributed by atoms with Crippen LogP contribution in [0.4, 0.5) is 0 Å². The molecule has 1 aliphatic rings. The molecule has 0 aromatic carbocycles. The quantitative estimate of drug-likeness (QED) is 0.731. The molecule has 0 aromatic heterocycles. The summed E-state index contributed by atoms with van der Waals surface area (Å²) >= 11 is 0. The largest absolute Gasteiger partial charge is 0.393 e. The number of rotatable bonds is 4. The van der Waals surface area contributed by atoms with Crippen molar-refractivity contribution in [2.24, 2.45) is 17.8 Å². The van der Waals surface area contributed by atoms with Crippen molar-refractivity contribution in [1.82, 2.24) is 0 Å². The molecule has 1 nitrogen and oxygen atoms in total. The topological polar surface area (TPSA) is 20.2 Å². The van der Waals surface area contributed by atoms with Crippen LogP contribution in [0.3, 0.4) is 0 Å². The van der Waals surface area contributed by atoms with Crippen molar-refractivity contribution in [3.05, 3.63) is 0 Å². The molecule has 14 heavy (non-hydrogen) atoms. The minimum absolute atomic E-state index is 0.0376. The van der Waals surface area contributed by atoms with Crippen LogP contribution in [0.1, 0.15) is 59.3 Å². The third kappa shape index (κ3) is 3.61. The molecule has 0 aliphatic heterocycles. The van der Waals surface area contributed by atoms with Crippen molar-refractivity contribution >= 4 is 0 Å². The Kier molecular flexibility index (Phi) is 4.94. The first kappa shape index (κ1) is 12.0. The van der Waals surface area contributed by atoms with Gasteiger partial charge in [0, 0.05) is 0 Å². The normalized spacial score (nSPS) is 30.6. The Morgan fingerprint density at radius 3 is 2.57 bits per heavy atom. The van der Waals surface area contributed by atoms with Gasteiger partial charge in [-0.3, -0.25) is 0 Å². The van der Waals surface area contributed by atoms with Gasteiger partial charge in [-0.1, -0.05) is 40.0 Å². The van der Waals surface area contributed by atoms with E-state index in [1.165, 1.54) is 32.1 Å². The Morgan fingerprint density at radius 1 is 1.29 bits per heavy atom. The maximum atomic E-state index is 10.1. The molecule has 0 spiro atoms. The summed E-state index contributed by atoms with van der Waals surface area (Å²) in [6.07, 6.45) is 7.49. The van der Waals surface area contributed by atoms with E-state index < -0.39 is 0 Å². The van der Waals surface area contributed by atoms with Crippen LogP contribution in [0.25, 0.3) is 0 Å². The van der Waals surface area contributed by atoms with E-state index in [0.29, 0.717) is 11.8 Å². The average Bonchev–Trinajstić information content (AvgIpc) is 2.17. The van der Waals surface area contributed by atoms with Gasteiger partial charge in [0.15, 0.2) is 0 Å². The molecule has 1 fully saturated rings. The predicted octanol–water partition coefficient (Wildman–Crippen LogP) is 3.61. The lowest BCUT2D eigenvalue weighted by Gasteiger charge is -2.32. The lowest BCUT2D eigenvalue weighted by atomic mass is 9.76. The van der Waals surface area contributed by atoms with Crippen LogP contribution in [0.15, 0.2) is 0 Å². The van der Waals surface area contributed by atoms with E-state index in [1.807, 2.05) is 0 Å². The molecule has 3 atom stereocenters. The van der Waals surface area contributed by atoms with E-state index in [2.05, 4.69) is 20.8 Å². The van der Waals surface area contributed by atoms with Gasteiger partial charge in [-0.15, -0.1) is 0 Å². The Morgan fingerprint density at radius 2 is 2.00 bits per heavy atom. The third-order valence-corrected chi connectivity index (χ3v) is 3.66. The van der Waals surface area contributed by atoms with Crippen LogP contribution < -0.4 is 0 Å². The van der Waals surface area contributed by atoms with Gasteiger partial charge in [-0.25, -0.2) is 0 Å². The lowest BCUT2D eigenvalue weighted by Crippen LogP contribution is -2.27. The molecule has 1 saturated carbocycles. The van der Waals surface area contributed by atoms with Gasteiger partial charge in [0.25, 0.3) is 0 Å². The summed E-state index contributed by atoms with van der Waals surface area (Å²) < 4.78 is 0. The summed E-state index contributed by atoms with van der Waals surface area (Å²) in [6.45, 7) is 6.68. The molecule has 1 N–H and O–H groups in total. The zero-order chi connectivity index (χ0) is 10.6. The Labute approximate surface area is 88.9 Å². The SMILES string of the molecule is CCC1CCCC(C(O)CC(C)C)C1. The summed E-state index contributed by atoms with van der Waals surface area (Å²) in [5.74, 6) is 2.11. The van der Waals surface area contributed by atoms with Crippen LogP contribution in [-0.2, 0) is 0 Å². The highest BCUT2D eigenvalue weighted by Gasteiger charge is 2.26. The van der Waals surface area contributed by atoms with Crippen LogP contribution in [0.2, 0.25) is 0 Å². The molecule has 1 rings (SSSR count). The average molecular weight is 198 g/mol. The maximum Gasteiger partial charge on any atom is 0.0570 e. The standard InChI is InChI=1S/C13H26O/c1-4-11-6-5-7-12(9-11)13(14)8-10(2)3/h10-14H,4-9H2,1-3H3. The van der Waals surface area contributed by atoms with Crippen molar-refractivity contribution in [2.75, 3.05) is 0 Å².